The first-order chi connectivity index (χ1) is 10.5. The van der Waals surface area contributed by atoms with Crippen molar-refractivity contribution in [2.24, 2.45) is 11.8 Å². The van der Waals surface area contributed by atoms with Gasteiger partial charge in [0.05, 0.1) is 7.11 Å². The molecule has 0 N–H and O–H groups in total. The molecule has 0 aromatic heterocycles. The van der Waals surface area contributed by atoms with Crippen molar-refractivity contribution in [1.82, 2.24) is 4.90 Å². The molecule has 5 nitrogen and oxygen atoms in total. The van der Waals surface area contributed by atoms with E-state index in [2.05, 4.69) is 13.8 Å². The normalized spacial score (nSPS) is 21.0. The lowest BCUT2D eigenvalue weighted by molar-refractivity contribution is -0.147. The molecule has 1 aromatic rings. The smallest absolute Gasteiger partial charge is 0.410 e. The van der Waals surface area contributed by atoms with Crippen LogP contribution in [0.2, 0.25) is 0 Å². The molecule has 1 aliphatic heterocycles. The summed E-state index contributed by atoms with van der Waals surface area (Å²) in [6.45, 7) is 4.84. The number of methoxy groups -OCH3 is 1. The van der Waals surface area contributed by atoms with Gasteiger partial charge in [0, 0.05) is 6.54 Å². The molecular weight excluding hydrogens is 282 g/mol. The van der Waals surface area contributed by atoms with Crippen LogP contribution in [0.5, 0.6) is 0 Å². The summed E-state index contributed by atoms with van der Waals surface area (Å²) in [7, 11) is 1.35. The highest BCUT2D eigenvalue weighted by Crippen LogP contribution is 2.31. The third-order valence-corrected chi connectivity index (χ3v) is 4.18. The third kappa shape index (κ3) is 3.59. The van der Waals surface area contributed by atoms with E-state index < -0.39 is 12.1 Å². The van der Waals surface area contributed by atoms with Crippen LogP contribution in [0.15, 0.2) is 30.3 Å². The average Bonchev–Trinajstić information content (AvgIpc) is 2.98. The van der Waals surface area contributed by atoms with Crippen LogP contribution in [-0.2, 0) is 20.9 Å². The van der Waals surface area contributed by atoms with Crippen LogP contribution in [0, 0.1) is 11.8 Å². The molecule has 1 aromatic carbocycles. The second kappa shape index (κ2) is 7.29. The summed E-state index contributed by atoms with van der Waals surface area (Å²) in [5.74, 6) is 0.0422. The molecular formula is C17H23NO4. The largest absolute Gasteiger partial charge is 0.467 e. The van der Waals surface area contributed by atoms with Crippen LogP contribution in [0.25, 0.3) is 0 Å². The van der Waals surface area contributed by atoms with Gasteiger partial charge in [-0.05, 0) is 23.8 Å². The van der Waals surface area contributed by atoms with Gasteiger partial charge in [-0.15, -0.1) is 0 Å². The van der Waals surface area contributed by atoms with Crippen LogP contribution in [0.3, 0.4) is 0 Å². The van der Waals surface area contributed by atoms with E-state index in [1.165, 1.54) is 12.0 Å². The number of amides is 1. The molecule has 1 aliphatic rings. The van der Waals surface area contributed by atoms with Gasteiger partial charge in [-0.25, -0.2) is 9.59 Å². The fraction of sp³-hybridized carbons (Fsp3) is 0.529. The number of hydrogen-bond donors (Lipinski definition) is 0. The van der Waals surface area contributed by atoms with Crippen molar-refractivity contribution in [1.29, 1.82) is 0 Å². The summed E-state index contributed by atoms with van der Waals surface area (Å²) in [6.07, 6.45) is 0.333. The Hall–Kier alpha value is -2.04. The van der Waals surface area contributed by atoms with Crippen molar-refractivity contribution >= 4 is 12.1 Å². The quantitative estimate of drug-likeness (QED) is 0.803. The van der Waals surface area contributed by atoms with Crippen LogP contribution >= 0.6 is 0 Å². The van der Waals surface area contributed by atoms with Gasteiger partial charge in [0.25, 0.3) is 0 Å². The maximum Gasteiger partial charge on any atom is 0.410 e. The van der Waals surface area contributed by atoms with Gasteiger partial charge in [0.1, 0.15) is 12.6 Å². The number of carbonyl (C=O) groups excluding carboxylic acids is 2. The van der Waals surface area contributed by atoms with Crippen LogP contribution in [0.4, 0.5) is 4.79 Å². The minimum Gasteiger partial charge on any atom is -0.467 e. The van der Waals surface area contributed by atoms with Crippen molar-refractivity contribution < 1.29 is 19.1 Å². The summed E-state index contributed by atoms with van der Waals surface area (Å²) in [5, 5.41) is 0. The summed E-state index contributed by atoms with van der Waals surface area (Å²) in [4.78, 5) is 25.9. The Balaban J connectivity index is 2.02. The molecule has 0 unspecified atom stereocenters. The van der Waals surface area contributed by atoms with Crippen molar-refractivity contribution in [3.63, 3.8) is 0 Å². The fourth-order valence-electron chi connectivity index (χ4n) is 2.94. The number of likely N-dealkylation sites (tertiary alicyclic amines) is 1. The lowest BCUT2D eigenvalue weighted by atomic mass is 9.89. The topological polar surface area (TPSA) is 55.8 Å². The minimum atomic E-state index is -0.548. The lowest BCUT2D eigenvalue weighted by Crippen LogP contribution is -2.45. The highest BCUT2D eigenvalue weighted by Gasteiger charge is 2.44. The molecule has 0 radical (unpaired) electrons. The van der Waals surface area contributed by atoms with Crippen LogP contribution in [0.1, 0.15) is 25.8 Å². The van der Waals surface area contributed by atoms with Crippen LogP contribution < -0.4 is 0 Å². The molecule has 1 fully saturated rings. The van der Waals surface area contributed by atoms with Gasteiger partial charge in [-0.1, -0.05) is 44.2 Å². The highest BCUT2D eigenvalue weighted by atomic mass is 16.6. The Labute approximate surface area is 131 Å². The predicted molar refractivity (Wildman–Crippen MR) is 82.1 cm³/mol. The molecule has 5 heteroatoms. The zero-order valence-electron chi connectivity index (χ0n) is 13.3. The zero-order valence-corrected chi connectivity index (χ0v) is 13.3. The molecule has 2 atom stereocenters. The number of benzene rings is 1. The number of ether oxygens (including phenoxy) is 2. The highest BCUT2D eigenvalue weighted by molar-refractivity contribution is 5.82. The summed E-state index contributed by atoms with van der Waals surface area (Å²) >= 11 is 0. The molecule has 0 saturated carbocycles. The van der Waals surface area contributed by atoms with E-state index in [1.54, 1.807) is 0 Å². The third-order valence-electron chi connectivity index (χ3n) is 4.18. The lowest BCUT2D eigenvalue weighted by Gasteiger charge is -2.27. The molecule has 0 aliphatic carbocycles. The summed E-state index contributed by atoms with van der Waals surface area (Å²) < 4.78 is 10.2. The first-order valence-corrected chi connectivity index (χ1v) is 7.59. The monoisotopic (exact) mass is 305 g/mol. The predicted octanol–water partition coefficient (Wildman–Crippen LogP) is 2.84. The summed E-state index contributed by atoms with van der Waals surface area (Å²) in [5.41, 5.74) is 0.921. The van der Waals surface area contributed by atoms with Gasteiger partial charge >= 0.3 is 12.1 Å². The Kier molecular flexibility index (Phi) is 5.41. The van der Waals surface area contributed by atoms with Gasteiger partial charge < -0.3 is 9.47 Å². The second-order valence-electron chi connectivity index (χ2n) is 5.90. The molecule has 2 rings (SSSR count). The summed E-state index contributed by atoms with van der Waals surface area (Å²) in [6, 6.07) is 8.94. The molecule has 0 bridgehead atoms. The second-order valence-corrected chi connectivity index (χ2v) is 5.90. The van der Waals surface area contributed by atoms with Gasteiger partial charge in [0.15, 0.2) is 0 Å². The molecule has 0 spiro atoms. The molecule has 1 saturated heterocycles. The number of nitrogens with zero attached hydrogens (tertiary/aromatic N) is 1. The Morgan fingerprint density at radius 3 is 2.55 bits per heavy atom. The number of hydrogen-bond acceptors (Lipinski definition) is 4. The van der Waals surface area contributed by atoms with Crippen molar-refractivity contribution in [2.45, 2.75) is 32.9 Å². The van der Waals surface area contributed by atoms with E-state index in [9.17, 15) is 9.59 Å². The van der Waals surface area contributed by atoms with Gasteiger partial charge in [-0.3, -0.25) is 4.90 Å². The number of esters is 1. The molecule has 120 valence electrons. The molecule has 1 amide bonds. The van der Waals surface area contributed by atoms with E-state index in [-0.39, 0.29) is 18.5 Å². The first-order valence-electron chi connectivity index (χ1n) is 7.59. The zero-order chi connectivity index (χ0) is 16.1. The SMILES string of the molecule is COC(=O)[C@@H]1[C@@H](C(C)C)CCN1C(=O)OCc1ccccc1. The van der Waals surface area contributed by atoms with Crippen LogP contribution in [-0.4, -0.2) is 36.7 Å². The van der Waals surface area contributed by atoms with Crippen molar-refractivity contribution in [3.05, 3.63) is 35.9 Å². The van der Waals surface area contributed by atoms with Crippen molar-refractivity contribution in [2.75, 3.05) is 13.7 Å². The fourth-order valence-corrected chi connectivity index (χ4v) is 2.94. The molecule has 1 heterocycles. The average molecular weight is 305 g/mol. The maximum atomic E-state index is 12.3. The standard InChI is InChI=1S/C17H23NO4/c1-12(2)14-9-10-18(15(14)16(19)21-3)17(20)22-11-13-7-5-4-6-8-13/h4-8,12,14-15H,9-11H2,1-3H3/t14-,15+/m1/s1. The minimum absolute atomic E-state index is 0.108. The van der Waals surface area contributed by atoms with E-state index in [1.807, 2.05) is 30.3 Å². The number of carbonyl (C=O) groups is 2. The van der Waals surface area contributed by atoms with E-state index in [0.717, 1.165) is 12.0 Å². The number of rotatable bonds is 4. The maximum absolute atomic E-state index is 12.3. The van der Waals surface area contributed by atoms with Crippen molar-refractivity contribution in [3.8, 4) is 0 Å². The van der Waals surface area contributed by atoms with Gasteiger partial charge in [0.2, 0.25) is 0 Å². The molecule has 22 heavy (non-hydrogen) atoms. The first kappa shape index (κ1) is 16.3. The Morgan fingerprint density at radius 1 is 1.27 bits per heavy atom. The van der Waals surface area contributed by atoms with E-state index in [0.29, 0.717) is 12.5 Å². The van der Waals surface area contributed by atoms with Gasteiger partial charge in [-0.2, -0.15) is 0 Å². The Bertz CT molecular complexity index is 515. The Morgan fingerprint density at radius 2 is 1.95 bits per heavy atom. The van der Waals surface area contributed by atoms with E-state index >= 15 is 0 Å². The van der Waals surface area contributed by atoms with E-state index in [4.69, 9.17) is 9.47 Å².